The molecule has 0 aromatic heterocycles. The Balaban J connectivity index is 1.64. The first kappa shape index (κ1) is 19.9. The van der Waals surface area contributed by atoms with Gasteiger partial charge in [-0.3, -0.25) is 4.79 Å². The van der Waals surface area contributed by atoms with Crippen molar-refractivity contribution in [2.45, 2.75) is 56.0 Å². The molecule has 2 aromatic rings. The van der Waals surface area contributed by atoms with Gasteiger partial charge in [0.05, 0.1) is 16.3 Å². The van der Waals surface area contributed by atoms with Crippen molar-refractivity contribution in [2.75, 3.05) is 16.8 Å². The topological polar surface area (TPSA) is 78.5 Å². The monoisotopic (exact) mass is 413 g/mol. The van der Waals surface area contributed by atoms with Crippen molar-refractivity contribution in [2.24, 2.45) is 0 Å². The third-order valence-electron chi connectivity index (χ3n) is 5.81. The van der Waals surface area contributed by atoms with Crippen molar-refractivity contribution in [3.8, 4) is 0 Å². The molecule has 0 saturated heterocycles. The summed E-state index contributed by atoms with van der Waals surface area (Å²) in [5.41, 5.74) is 2.68. The van der Waals surface area contributed by atoms with E-state index in [2.05, 4.69) is 14.9 Å². The molecule has 6 nitrogen and oxygen atoms in total. The van der Waals surface area contributed by atoms with Gasteiger partial charge in [0, 0.05) is 12.6 Å². The number of nitrogens with one attached hydrogen (secondary N) is 2. The molecule has 1 unspecified atom stereocenters. The molecule has 1 heterocycles. The van der Waals surface area contributed by atoms with Crippen LogP contribution in [0.2, 0.25) is 0 Å². The van der Waals surface area contributed by atoms with Crippen LogP contribution in [0.4, 0.5) is 11.4 Å². The van der Waals surface area contributed by atoms with Gasteiger partial charge >= 0.3 is 0 Å². The number of aryl methyl sites for hydroxylation is 1. The highest BCUT2D eigenvalue weighted by atomic mass is 32.2. The summed E-state index contributed by atoms with van der Waals surface area (Å²) in [6, 6.07) is 13.8. The van der Waals surface area contributed by atoms with Crippen LogP contribution in [0.25, 0.3) is 0 Å². The van der Waals surface area contributed by atoms with E-state index in [-0.39, 0.29) is 10.8 Å². The molecule has 0 spiro atoms. The number of sulfonamides is 1. The average molecular weight is 414 g/mol. The number of amides is 1. The number of carbonyl (C=O) groups excluding carboxylic acids is 1. The lowest BCUT2D eigenvalue weighted by Gasteiger charge is -2.37. The Kier molecular flexibility index (Phi) is 5.61. The quantitative estimate of drug-likeness (QED) is 0.805. The Morgan fingerprint density at radius 1 is 1.00 bits per heavy atom. The molecule has 1 aliphatic carbocycles. The zero-order valence-electron chi connectivity index (χ0n) is 16.6. The highest BCUT2D eigenvalue weighted by Crippen LogP contribution is 2.34. The van der Waals surface area contributed by atoms with Gasteiger partial charge in [0.15, 0.2) is 0 Å². The molecular weight excluding hydrogens is 386 g/mol. The van der Waals surface area contributed by atoms with E-state index in [1.807, 2.05) is 31.2 Å². The molecule has 1 atom stereocenters. The van der Waals surface area contributed by atoms with E-state index in [0.717, 1.165) is 42.6 Å². The number of nitrogens with zero attached hydrogens (tertiary/aromatic N) is 1. The number of benzene rings is 2. The summed E-state index contributed by atoms with van der Waals surface area (Å²) < 4.78 is 28.5. The van der Waals surface area contributed by atoms with Gasteiger partial charge < -0.3 is 10.2 Å². The molecule has 154 valence electrons. The van der Waals surface area contributed by atoms with Gasteiger partial charge in [-0.25, -0.2) is 8.42 Å². The molecule has 2 aromatic carbocycles. The number of fused-ring (bicyclic) bond motifs is 1. The van der Waals surface area contributed by atoms with Crippen LogP contribution in [-0.4, -0.2) is 33.0 Å². The Hall–Kier alpha value is -2.38. The SMILES string of the molecule is Cc1ccc(S(=O)(=O)NC2CN(C3CCCCC3)c3ccccc3NC2=O)cc1. The third kappa shape index (κ3) is 4.31. The van der Waals surface area contributed by atoms with E-state index in [1.165, 1.54) is 6.42 Å². The Morgan fingerprint density at radius 3 is 2.41 bits per heavy atom. The van der Waals surface area contributed by atoms with Crippen molar-refractivity contribution < 1.29 is 13.2 Å². The first-order valence-electron chi connectivity index (χ1n) is 10.2. The van der Waals surface area contributed by atoms with Crippen molar-refractivity contribution >= 4 is 27.3 Å². The van der Waals surface area contributed by atoms with Gasteiger partial charge in [-0.05, 0) is 44.0 Å². The smallest absolute Gasteiger partial charge is 0.244 e. The van der Waals surface area contributed by atoms with Crippen LogP contribution >= 0.6 is 0 Å². The average Bonchev–Trinajstić information content (AvgIpc) is 2.85. The van der Waals surface area contributed by atoms with Crippen LogP contribution in [0.15, 0.2) is 53.4 Å². The number of hydrogen-bond acceptors (Lipinski definition) is 4. The van der Waals surface area contributed by atoms with Gasteiger partial charge in [-0.15, -0.1) is 0 Å². The molecule has 2 aliphatic rings. The zero-order chi connectivity index (χ0) is 20.4. The van der Waals surface area contributed by atoms with Crippen molar-refractivity contribution in [3.05, 3.63) is 54.1 Å². The van der Waals surface area contributed by atoms with Gasteiger partial charge in [0.25, 0.3) is 0 Å². The lowest BCUT2D eigenvalue weighted by molar-refractivity contribution is -0.117. The number of hydrogen-bond donors (Lipinski definition) is 2. The Morgan fingerprint density at radius 2 is 1.69 bits per heavy atom. The summed E-state index contributed by atoms with van der Waals surface area (Å²) in [5.74, 6) is -0.327. The summed E-state index contributed by atoms with van der Waals surface area (Å²) in [7, 11) is -3.80. The fourth-order valence-electron chi connectivity index (χ4n) is 4.23. The second-order valence-electron chi connectivity index (χ2n) is 7.94. The molecule has 2 N–H and O–H groups in total. The predicted molar refractivity (Wildman–Crippen MR) is 115 cm³/mol. The third-order valence-corrected chi connectivity index (χ3v) is 7.30. The maximum absolute atomic E-state index is 12.9. The Bertz CT molecular complexity index is 983. The van der Waals surface area contributed by atoms with E-state index >= 15 is 0 Å². The highest BCUT2D eigenvalue weighted by Gasteiger charge is 2.34. The highest BCUT2D eigenvalue weighted by molar-refractivity contribution is 7.89. The lowest BCUT2D eigenvalue weighted by Crippen LogP contribution is -2.51. The summed E-state index contributed by atoms with van der Waals surface area (Å²) in [5, 5.41) is 2.92. The van der Waals surface area contributed by atoms with Crippen molar-refractivity contribution in [3.63, 3.8) is 0 Å². The van der Waals surface area contributed by atoms with E-state index in [4.69, 9.17) is 0 Å². The molecular formula is C22H27N3O3S. The van der Waals surface area contributed by atoms with Crippen LogP contribution in [-0.2, 0) is 14.8 Å². The van der Waals surface area contributed by atoms with E-state index in [9.17, 15) is 13.2 Å². The number of anilines is 2. The number of carbonyl (C=O) groups is 1. The largest absolute Gasteiger partial charge is 0.365 e. The summed E-state index contributed by atoms with van der Waals surface area (Å²) in [6.07, 6.45) is 5.65. The van der Waals surface area contributed by atoms with E-state index in [1.54, 1.807) is 24.3 Å². The maximum atomic E-state index is 12.9. The minimum Gasteiger partial charge on any atom is -0.365 e. The van der Waals surface area contributed by atoms with Gasteiger partial charge in [0.2, 0.25) is 15.9 Å². The fourth-order valence-corrected chi connectivity index (χ4v) is 5.42. The van der Waals surface area contributed by atoms with Crippen molar-refractivity contribution in [1.29, 1.82) is 0 Å². The Labute approximate surface area is 172 Å². The summed E-state index contributed by atoms with van der Waals surface area (Å²) >= 11 is 0. The van der Waals surface area contributed by atoms with E-state index < -0.39 is 16.1 Å². The minimum absolute atomic E-state index is 0.168. The molecule has 29 heavy (non-hydrogen) atoms. The standard InChI is InChI=1S/C22H27N3O3S/c1-16-11-13-18(14-12-16)29(27,28)24-20-15-25(17-7-3-2-4-8-17)21-10-6-5-9-19(21)23-22(20)26/h5-6,9-14,17,20,24H,2-4,7-8,15H2,1H3,(H,23,26). The first-order chi connectivity index (χ1) is 13.9. The zero-order valence-corrected chi connectivity index (χ0v) is 17.4. The van der Waals surface area contributed by atoms with Crippen LogP contribution in [0.1, 0.15) is 37.7 Å². The van der Waals surface area contributed by atoms with Crippen LogP contribution in [0, 0.1) is 6.92 Å². The normalized spacial score (nSPS) is 20.7. The number of rotatable bonds is 4. The van der Waals surface area contributed by atoms with Crippen LogP contribution < -0.4 is 14.9 Å². The van der Waals surface area contributed by atoms with Crippen LogP contribution in [0.5, 0.6) is 0 Å². The molecule has 4 rings (SSSR count). The lowest BCUT2D eigenvalue weighted by atomic mass is 9.93. The fraction of sp³-hybridized carbons (Fsp3) is 0.409. The second-order valence-corrected chi connectivity index (χ2v) is 9.65. The van der Waals surface area contributed by atoms with Gasteiger partial charge in [-0.1, -0.05) is 49.1 Å². The first-order valence-corrected chi connectivity index (χ1v) is 11.7. The van der Waals surface area contributed by atoms with E-state index in [0.29, 0.717) is 12.6 Å². The minimum atomic E-state index is -3.80. The molecule has 1 saturated carbocycles. The van der Waals surface area contributed by atoms with Crippen LogP contribution in [0.3, 0.4) is 0 Å². The molecule has 0 bridgehead atoms. The van der Waals surface area contributed by atoms with Crippen molar-refractivity contribution in [1.82, 2.24) is 4.72 Å². The summed E-state index contributed by atoms with van der Waals surface area (Å²) in [6.45, 7) is 2.22. The van der Waals surface area contributed by atoms with Gasteiger partial charge in [0.1, 0.15) is 6.04 Å². The second kappa shape index (κ2) is 8.16. The molecule has 0 radical (unpaired) electrons. The summed E-state index contributed by atoms with van der Waals surface area (Å²) in [4.78, 5) is 15.3. The number of para-hydroxylation sites is 2. The molecule has 1 fully saturated rings. The molecule has 1 aliphatic heterocycles. The molecule has 1 amide bonds. The van der Waals surface area contributed by atoms with Gasteiger partial charge in [-0.2, -0.15) is 4.72 Å². The predicted octanol–water partition coefficient (Wildman–Crippen LogP) is 3.43. The maximum Gasteiger partial charge on any atom is 0.244 e. The molecule has 7 heteroatoms.